The van der Waals surface area contributed by atoms with Gasteiger partial charge >= 0.3 is 0 Å². The number of ether oxygens (including phenoxy) is 1. The molecule has 0 bridgehead atoms. The van der Waals surface area contributed by atoms with E-state index in [2.05, 4.69) is 22.1 Å². The summed E-state index contributed by atoms with van der Waals surface area (Å²) in [7, 11) is 0. The van der Waals surface area contributed by atoms with Gasteiger partial charge in [0.05, 0.1) is 30.9 Å². The van der Waals surface area contributed by atoms with E-state index in [1.54, 1.807) is 6.20 Å². The van der Waals surface area contributed by atoms with Gasteiger partial charge in [0, 0.05) is 12.7 Å². The highest BCUT2D eigenvalue weighted by atomic mass is 16.5. The quantitative estimate of drug-likeness (QED) is 0.855. The van der Waals surface area contributed by atoms with Crippen molar-refractivity contribution in [3.05, 3.63) is 18.3 Å². The fraction of sp³-hybridized carbons (Fsp3) is 0.538. The molecule has 3 rings (SSSR count). The minimum atomic E-state index is -0.0919. The average molecular weight is 247 g/mol. The third-order valence-electron chi connectivity index (χ3n) is 3.57. The third-order valence-corrected chi connectivity index (χ3v) is 3.57. The maximum absolute atomic E-state index is 12.2. The molecule has 1 saturated heterocycles. The summed E-state index contributed by atoms with van der Waals surface area (Å²) in [6, 6.07) is 3.87. The summed E-state index contributed by atoms with van der Waals surface area (Å²) < 4.78 is 5.48. The molecule has 1 amide bonds. The predicted molar refractivity (Wildman–Crippen MR) is 68.6 cm³/mol. The van der Waals surface area contributed by atoms with Crippen molar-refractivity contribution < 1.29 is 9.53 Å². The van der Waals surface area contributed by atoms with E-state index < -0.39 is 0 Å². The first-order chi connectivity index (χ1) is 8.81. The number of rotatable bonds is 2. The first-order valence-corrected chi connectivity index (χ1v) is 6.41. The van der Waals surface area contributed by atoms with Crippen molar-refractivity contribution in [1.29, 1.82) is 0 Å². The fourth-order valence-corrected chi connectivity index (χ4v) is 2.72. The van der Waals surface area contributed by atoms with E-state index in [-0.39, 0.29) is 17.9 Å². The molecule has 0 spiro atoms. The van der Waals surface area contributed by atoms with Crippen molar-refractivity contribution >= 4 is 17.4 Å². The van der Waals surface area contributed by atoms with Gasteiger partial charge in [0.1, 0.15) is 0 Å². The number of carbonyl (C=O) groups is 1. The van der Waals surface area contributed by atoms with Crippen LogP contribution in [-0.2, 0) is 9.53 Å². The van der Waals surface area contributed by atoms with Gasteiger partial charge in [-0.1, -0.05) is 6.92 Å². The van der Waals surface area contributed by atoms with Crippen LogP contribution in [-0.4, -0.2) is 36.7 Å². The Balaban J connectivity index is 2.05. The van der Waals surface area contributed by atoms with Crippen LogP contribution in [0.1, 0.15) is 13.3 Å². The lowest BCUT2D eigenvalue weighted by molar-refractivity contribution is -0.120. The molecule has 3 heterocycles. The van der Waals surface area contributed by atoms with E-state index in [0.717, 1.165) is 24.5 Å². The van der Waals surface area contributed by atoms with Gasteiger partial charge in [0.15, 0.2) is 5.82 Å². The van der Waals surface area contributed by atoms with Gasteiger partial charge in [-0.2, -0.15) is 0 Å². The monoisotopic (exact) mass is 247 g/mol. The molecule has 18 heavy (non-hydrogen) atoms. The second-order valence-corrected chi connectivity index (χ2v) is 4.77. The molecule has 2 aliphatic heterocycles. The molecular weight excluding hydrogens is 230 g/mol. The van der Waals surface area contributed by atoms with Crippen LogP contribution in [0.5, 0.6) is 0 Å². The Morgan fingerprint density at radius 2 is 2.44 bits per heavy atom. The van der Waals surface area contributed by atoms with Crippen molar-refractivity contribution in [2.75, 3.05) is 30.0 Å². The standard InChI is InChI=1S/C13H17N3O2/c1-2-6-16-11-8-18-7-9(11)13(17)15-10-4-3-5-14-12(10)16/h3-5,9,11H,2,6-8H2,1H3,(H,15,17). The van der Waals surface area contributed by atoms with Crippen molar-refractivity contribution in [3.8, 4) is 0 Å². The van der Waals surface area contributed by atoms with Crippen LogP contribution >= 0.6 is 0 Å². The molecule has 96 valence electrons. The molecule has 5 heteroatoms. The van der Waals surface area contributed by atoms with E-state index >= 15 is 0 Å². The maximum atomic E-state index is 12.2. The molecule has 1 aromatic rings. The number of fused-ring (bicyclic) bond motifs is 2. The Morgan fingerprint density at radius 1 is 1.56 bits per heavy atom. The van der Waals surface area contributed by atoms with Crippen LogP contribution in [0, 0.1) is 5.92 Å². The molecule has 2 aliphatic rings. The van der Waals surface area contributed by atoms with E-state index in [4.69, 9.17) is 4.74 Å². The lowest BCUT2D eigenvalue weighted by Crippen LogP contribution is -2.43. The topological polar surface area (TPSA) is 54.5 Å². The van der Waals surface area contributed by atoms with Crippen LogP contribution in [0.15, 0.2) is 18.3 Å². The highest BCUT2D eigenvalue weighted by Gasteiger charge is 2.41. The molecule has 0 aromatic carbocycles. The van der Waals surface area contributed by atoms with Crippen molar-refractivity contribution in [3.63, 3.8) is 0 Å². The largest absolute Gasteiger partial charge is 0.378 e. The van der Waals surface area contributed by atoms with E-state index in [9.17, 15) is 4.79 Å². The minimum absolute atomic E-state index is 0.0466. The van der Waals surface area contributed by atoms with Crippen molar-refractivity contribution in [1.82, 2.24) is 4.98 Å². The highest BCUT2D eigenvalue weighted by molar-refractivity contribution is 5.97. The van der Waals surface area contributed by atoms with E-state index in [1.165, 1.54) is 0 Å². The Bertz CT molecular complexity index is 463. The summed E-state index contributed by atoms with van der Waals surface area (Å²) >= 11 is 0. The van der Waals surface area contributed by atoms with Crippen molar-refractivity contribution in [2.45, 2.75) is 19.4 Å². The summed E-state index contributed by atoms with van der Waals surface area (Å²) in [5.74, 6) is 0.821. The molecule has 5 nitrogen and oxygen atoms in total. The zero-order chi connectivity index (χ0) is 12.5. The number of pyridine rings is 1. The number of nitrogens with one attached hydrogen (secondary N) is 1. The smallest absolute Gasteiger partial charge is 0.232 e. The van der Waals surface area contributed by atoms with Gasteiger partial charge in [-0.3, -0.25) is 4.79 Å². The highest BCUT2D eigenvalue weighted by Crippen LogP contribution is 2.33. The second-order valence-electron chi connectivity index (χ2n) is 4.77. The summed E-state index contributed by atoms with van der Waals surface area (Å²) in [5.41, 5.74) is 0.811. The van der Waals surface area contributed by atoms with Crippen LogP contribution < -0.4 is 10.2 Å². The lowest BCUT2D eigenvalue weighted by Gasteiger charge is -2.29. The minimum Gasteiger partial charge on any atom is -0.378 e. The summed E-state index contributed by atoms with van der Waals surface area (Å²) in [6.45, 7) is 4.13. The predicted octanol–water partition coefficient (Wildman–Crippen LogP) is 1.27. The average Bonchev–Trinajstić information content (AvgIpc) is 2.82. The van der Waals surface area contributed by atoms with Gasteiger partial charge in [0.2, 0.25) is 5.91 Å². The summed E-state index contributed by atoms with van der Waals surface area (Å²) in [4.78, 5) is 18.8. The first kappa shape index (κ1) is 11.5. The number of hydrogen-bond acceptors (Lipinski definition) is 4. The zero-order valence-corrected chi connectivity index (χ0v) is 10.4. The van der Waals surface area contributed by atoms with Gasteiger partial charge in [-0.25, -0.2) is 4.98 Å². The van der Waals surface area contributed by atoms with E-state index in [0.29, 0.717) is 13.2 Å². The third kappa shape index (κ3) is 1.75. The van der Waals surface area contributed by atoms with E-state index in [1.807, 2.05) is 12.1 Å². The van der Waals surface area contributed by atoms with Crippen LogP contribution in [0.25, 0.3) is 0 Å². The zero-order valence-electron chi connectivity index (χ0n) is 10.4. The van der Waals surface area contributed by atoms with Gasteiger partial charge in [-0.15, -0.1) is 0 Å². The lowest BCUT2D eigenvalue weighted by atomic mass is 10.0. The number of aromatic nitrogens is 1. The van der Waals surface area contributed by atoms with Gasteiger partial charge in [-0.05, 0) is 18.6 Å². The van der Waals surface area contributed by atoms with Crippen LogP contribution in [0.4, 0.5) is 11.5 Å². The van der Waals surface area contributed by atoms with Crippen LogP contribution in [0.2, 0.25) is 0 Å². The fourth-order valence-electron chi connectivity index (χ4n) is 2.72. The number of anilines is 2. The molecule has 0 aliphatic carbocycles. The number of hydrogen-bond donors (Lipinski definition) is 1. The Labute approximate surface area is 106 Å². The second kappa shape index (κ2) is 4.57. The normalized spacial score (nSPS) is 26.3. The summed E-state index contributed by atoms with van der Waals surface area (Å²) in [5, 5.41) is 2.96. The van der Waals surface area contributed by atoms with Crippen molar-refractivity contribution in [2.24, 2.45) is 5.92 Å². The Hall–Kier alpha value is -1.62. The summed E-state index contributed by atoms with van der Waals surface area (Å²) in [6.07, 6.45) is 2.79. The van der Waals surface area contributed by atoms with Crippen LogP contribution in [0.3, 0.4) is 0 Å². The molecule has 2 unspecified atom stereocenters. The molecule has 0 saturated carbocycles. The van der Waals surface area contributed by atoms with Gasteiger partial charge in [0.25, 0.3) is 0 Å². The maximum Gasteiger partial charge on any atom is 0.232 e. The molecule has 1 N–H and O–H groups in total. The molecule has 1 fully saturated rings. The molecule has 0 radical (unpaired) electrons. The van der Waals surface area contributed by atoms with Gasteiger partial charge < -0.3 is 15.0 Å². The molecular formula is C13H17N3O2. The Kier molecular flexibility index (Phi) is 2.91. The number of nitrogens with zero attached hydrogens (tertiary/aromatic N) is 2. The first-order valence-electron chi connectivity index (χ1n) is 6.41. The molecule has 1 aromatic heterocycles. The Morgan fingerprint density at radius 3 is 3.28 bits per heavy atom. The number of amides is 1. The SMILES string of the molecule is CCCN1c2ncccc2NC(=O)C2COCC21. The molecule has 2 atom stereocenters. The number of carbonyl (C=O) groups excluding carboxylic acids is 1.